The van der Waals surface area contributed by atoms with Crippen molar-refractivity contribution in [3.8, 4) is 10.9 Å². The van der Waals surface area contributed by atoms with E-state index in [0.717, 1.165) is 29.9 Å². The minimum Gasteiger partial charge on any atom is -0.430 e. The molecule has 1 heterocycles. The molecular weight excluding hydrogens is 353 g/mol. The van der Waals surface area contributed by atoms with Gasteiger partial charge in [-0.2, -0.15) is 9.36 Å². The lowest BCUT2D eigenvalue weighted by molar-refractivity contribution is 0.0950. The van der Waals surface area contributed by atoms with Gasteiger partial charge in [-0.3, -0.25) is 4.79 Å². The summed E-state index contributed by atoms with van der Waals surface area (Å²) in [4.78, 5) is 16.5. The fraction of sp³-hybridized carbons (Fsp3) is 0.211. The number of hydrogen-bond acceptors (Lipinski definition) is 5. The van der Waals surface area contributed by atoms with Gasteiger partial charge in [-0.1, -0.05) is 18.2 Å². The Kier molecular flexibility index (Phi) is 4.62. The normalized spacial score (nSPS) is 13.4. The van der Waals surface area contributed by atoms with E-state index in [9.17, 15) is 9.18 Å². The van der Waals surface area contributed by atoms with Crippen LogP contribution in [0.3, 0.4) is 0 Å². The van der Waals surface area contributed by atoms with E-state index in [1.807, 2.05) is 0 Å². The first-order chi connectivity index (χ1) is 12.7. The number of carbonyl (C=O) groups excluding carboxylic acids is 1. The number of carbonyl (C=O) groups is 1. The molecule has 5 nitrogen and oxygen atoms in total. The Hall–Kier alpha value is -2.80. The van der Waals surface area contributed by atoms with E-state index in [1.54, 1.807) is 36.4 Å². The molecular formula is C19H16FN3O2S. The summed E-state index contributed by atoms with van der Waals surface area (Å²) in [5.41, 5.74) is 1.49. The number of hydrogen-bond donors (Lipinski definition) is 1. The van der Waals surface area contributed by atoms with Crippen molar-refractivity contribution >= 4 is 17.4 Å². The highest BCUT2D eigenvalue weighted by molar-refractivity contribution is 7.07. The van der Waals surface area contributed by atoms with Gasteiger partial charge in [0.2, 0.25) is 0 Å². The molecule has 1 N–H and O–H groups in total. The Bertz CT molecular complexity index is 923. The monoisotopic (exact) mass is 369 g/mol. The highest BCUT2D eigenvalue weighted by atomic mass is 32.1. The van der Waals surface area contributed by atoms with Crippen molar-refractivity contribution in [1.29, 1.82) is 0 Å². The summed E-state index contributed by atoms with van der Waals surface area (Å²) in [6, 6.07) is 13.5. The number of halogens is 1. The molecule has 1 aromatic heterocycles. The van der Waals surface area contributed by atoms with Crippen molar-refractivity contribution in [2.75, 3.05) is 0 Å². The summed E-state index contributed by atoms with van der Waals surface area (Å²) in [7, 11) is 0. The molecule has 0 atom stereocenters. The first-order valence-corrected chi connectivity index (χ1v) is 9.09. The Morgan fingerprint density at radius 1 is 1.23 bits per heavy atom. The molecule has 1 fully saturated rings. The third kappa shape index (κ3) is 4.23. The summed E-state index contributed by atoms with van der Waals surface area (Å²) in [5.74, 6) is 0.791. The topological polar surface area (TPSA) is 64.1 Å². The number of nitrogens with one attached hydrogen (secondary N) is 1. The van der Waals surface area contributed by atoms with Crippen LogP contribution < -0.4 is 10.1 Å². The van der Waals surface area contributed by atoms with E-state index < -0.39 is 0 Å². The fourth-order valence-corrected chi connectivity index (χ4v) is 3.00. The Morgan fingerprint density at radius 3 is 2.81 bits per heavy atom. The van der Waals surface area contributed by atoms with Gasteiger partial charge in [-0.15, -0.1) is 0 Å². The molecule has 0 saturated heterocycles. The first kappa shape index (κ1) is 16.7. The number of rotatable bonds is 6. The standard InChI is InChI=1S/C19H16FN3O2S/c20-14-6-4-12(5-7-14)10-17-22-19(26-23-17)25-16-3-1-2-13(11-16)18(24)21-15-8-9-15/h1-7,11,15H,8-10H2,(H,21,24). The third-order valence-corrected chi connectivity index (χ3v) is 4.57. The number of nitrogens with zero attached hydrogens (tertiary/aromatic N) is 2. The molecule has 4 rings (SSSR count). The first-order valence-electron chi connectivity index (χ1n) is 8.31. The Morgan fingerprint density at radius 2 is 2.04 bits per heavy atom. The van der Waals surface area contributed by atoms with Crippen LogP contribution in [0.1, 0.15) is 34.6 Å². The molecule has 0 spiro atoms. The number of aromatic nitrogens is 2. The van der Waals surface area contributed by atoms with Gasteiger partial charge in [0.15, 0.2) is 5.82 Å². The predicted octanol–water partition coefficient (Wildman–Crippen LogP) is 3.95. The lowest BCUT2D eigenvalue weighted by atomic mass is 10.1. The quantitative estimate of drug-likeness (QED) is 0.714. The van der Waals surface area contributed by atoms with E-state index >= 15 is 0 Å². The van der Waals surface area contributed by atoms with Crippen LogP contribution in [0.4, 0.5) is 4.39 Å². The van der Waals surface area contributed by atoms with Crippen LogP contribution in [0, 0.1) is 5.82 Å². The van der Waals surface area contributed by atoms with Gasteiger partial charge in [0.05, 0.1) is 0 Å². The summed E-state index contributed by atoms with van der Waals surface area (Å²) in [5, 5.41) is 3.35. The summed E-state index contributed by atoms with van der Waals surface area (Å²) < 4.78 is 23.0. The molecule has 26 heavy (non-hydrogen) atoms. The van der Waals surface area contributed by atoms with Crippen molar-refractivity contribution in [2.24, 2.45) is 0 Å². The predicted molar refractivity (Wildman–Crippen MR) is 96.1 cm³/mol. The van der Waals surface area contributed by atoms with Crippen LogP contribution in [0.25, 0.3) is 0 Å². The lowest BCUT2D eigenvalue weighted by Crippen LogP contribution is -2.25. The molecule has 1 saturated carbocycles. The number of amides is 1. The molecule has 1 aliphatic rings. The molecule has 7 heteroatoms. The summed E-state index contributed by atoms with van der Waals surface area (Å²) in [6.45, 7) is 0. The molecule has 132 valence electrons. The second kappa shape index (κ2) is 7.21. The second-order valence-electron chi connectivity index (χ2n) is 6.16. The van der Waals surface area contributed by atoms with Crippen LogP contribution in [0.5, 0.6) is 10.9 Å². The van der Waals surface area contributed by atoms with Crippen LogP contribution in [-0.4, -0.2) is 21.3 Å². The van der Waals surface area contributed by atoms with Gasteiger partial charge < -0.3 is 10.1 Å². The second-order valence-corrected chi connectivity index (χ2v) is 6.87. The van der Waals surface area contributed by atoms with Gasteiger partial charge >= 0.3 is 0 Å². The summed E-state index contributed by atoms with van der Waals surface area (Å²) in [6.07, 6.45) is 2.59. The zero-order valence-corrected chi connectivity index (χ0v) is 14.6. The van der Waals surface area contributed by atoms with Gasteiger partial charge in [-0.05, 0) is 48.7 Å². The fourth-order valence-electron chi connectivity index (χ4n) is 2.43. The van der Waals surface area contributed by atoms with Crippen LogP contribution in [0.2, 0.25) is 0 Å². The van der Waals surface area contributed by atoms with Crippen LogP contribution in [0.15, 0.2) is 48.5 Å². The van der Waals surface area contributed by atoms with Crippen LogP contribution >= 0.6 is 11.5 Å². The lowest BCUT2D eigenvalue weighted by Gasteiger charge is -2.05. The molecule has 1 aliphatic carbocycles. The molecule has 0 aliphatic heterocycles. The molecule has 0 bridgehead atoms. The maximum atomic E-state index is 13.0. The molecule has 0 unspecified atom stereocenters. The van der Waals surface area contributed by atoms with Crippen molar-refractivity contribution < 1.29 is 13.9 Å². The minimum atomic E-state index is -0.269. The third-order valence-electron chi connectivity index (χ3n) is 3.94. The zero-order chi connectivity index (χ0) is 17.9. The van der Waals surface area contributed by atoms with E-state index in [1.165, 1.54) is 12.1 Å². The average molecular weight is 369 g/mol. The minimum absolute atomic E-state index is 0.0905. The largest absolute Gasteiger partial charge is 0.430 e. The van der Waals surface area contributed by atoms with Gasteiger partial charge in [0.1, 0.15) is 11.6 Å². The van der Waals surface area contributed by atoms with Crippen LogP contribution in [-0.2, 0) is 6.42 Å². The molecule has 0 radical (unpaired) electrons. The van der Waals surface area contributed by atoms with E-state index in [0.29, 0.717) is 34.8 Å². The van der Waals surface area contributed by atoms with Crippen molar-refractivity contribution in [2.45, 2.75) is 25.3 Å². The van der Waals surface area contributed by atoms with Crippen molar-refractivity contribution in [3.63, 3.8) is 0 Å². The SMILES string of the molecule is O=C(NC1CC1)c1cccc(Oc2nc(Cc3ccc(F)cc3)ns2)c1. The van der Waals surface area contributed by atoms with Gasteiger partial charge in [0.25, 0.3) is 11.1 Å². The zero-order valence-electron chi connectivity index (χ0n) is 13.8. The molecule has 2 aromatic carbocycles. The number of benzene rings is 2. The average Bonchev–Trinajstić information content (AvgIpc) is 3.35. The van der Waals surface area contributed by atoms with E-state index in [-0.39, 0.29) is 11.7 Å². The Balaban J connectivity index is 1.42. The summed E-state index contributed by atoms with van der Waals surface area (Å²) >= 11 is 1.14. The Labute approximate surface area is 154 Å². The number of ether oxygens (including phenoxy) is 1. The molecule has 1 amide bonds. The highest BCUT2D eigenvalue weighted by Gasteiger charge is 2.23. The highest BCUT2D eigenvalue weighted by Crippen LogP contribution is 2.25. The maximum absolute atomic E-state index is 13.0. The maximum Gasteiger partial charge on any atom is 0.298 e. The van der Waals surface area contributed by atoms with E-state index in [2.05, 4.69) is 14.7 Å². The van der Waals surface area contributed by atoms with Crippen molar-refractivity contribution in [1.82, 2.24) is 14.7 Å². The van der Waals surface area contributed by atoms with Gasteiger partial charge in [-0.25, -0.2) is 4.39 Å². The van der Waals surface area contributed by atoms with E-state index in [4.69, 9.17) is 4.74 Å². The van der Waals surface area contributed by atoms with Crippen molar-refractivity contribution in [3.05, 3.63) is 71.3 Å². The van der Waals surface area contributed by atoms with Gasteiger partial charge in [0, 0.05) is 29.6 Å². The molecule has 3 aromatic rings. The smallest absolute Gasteiger partial charge is 0.298 e.